The fourth-order valence-corrected chi connectivity index (χ4v) is 1.47. The highest BCUT2D eigenvalue weighted by Crippen LogP contribution is 2.07. The standard InChI is InChI=1S/C13H21FN4O/c1-2-19-9-5-8-16-13(18-15)17-10-11-6-3-4-7-12(11)14/h3-4,6-7H,2,5,8-10,15H2,1H3,(H2,16,17,18). The molecule has 0 atom stereocenters. The Kier molecular flexibility index (Phi) is 7.53. The lowest BCUT2D eigenvalue weighted by Gasteiger charge is -2.09. The van der Waals surface area contributed by atoms with E-state index in [1.54, 1.807) is 18.2 Å². The maximum atomic E-state index is 13.4. The van der Waals surface area contributed by atoms with Gasteiger partial charge < -0.3 is 10.1 Å². The van der Waals surface area contributed by atoms with E-state index in [9.17, 15) is 4.39 Å². The monoisotopic (exact) mass is 268 g/mol. The molecule has 0 aliphatic heterocycles. The smallest absolute Gasteiger partial charge is 0.206 e. The maximum absolute atomic E-state index is 13.4. The van der Waals surface area contributed by atoms with Crippen LogP contribution >= 0.6 is 0 Å². The van der Waals surface area contributed by atoms with Crippen LogP contribution in [-0.4, -0.2) is 25.7 Å². The number of nitrogens with two attached hydrogens (primary N) is 1. The lowest BCUT2D eigenvalue weighted by molar-refractivity contribution is 0.145. The fourth-order valence-electron chi connectivity index (χ4n) is 1.47. The molecule has 0 radical (unpaired) electrons. The minimum Gasteiger partial charge on any atom is -0.382 e. The number of rotatable bonds is 7. The number of benzene rings is 1. The molecular formula is C13H21FN4O. The Bertz CT molecular complexity index is 398. The summed E-state index contributed by atoms with van der Waals surface area (Å²) < 4.78 is 18.6. The molecule has 0 spiro atoms. The van der Waals surface area contributed by atoms with Crippen LogP contribution in [-0.2, 0) is 11.3 Å². The van der Waals surface area contributed by atoms with Crippen molar-refractivity contribution in [2.45, 2.75) is 19.9 Å². The maximum Gasteiger partial charge on any atom is 0.206 e. The first-order valence-corrected chi connectivity index (χ1v) is 6.34. The lowest BCUT2D eigenvalue weighted by atomic mass is 10.2. The minimum atomic E-state index is -0.265. The second kappa shape index (κ2) is 9.29. The Balaban J connectivity index is 2.37. The van der Waals surface area contributed by atoms with Gasteiger partial charge in [0.1, 0.15) is 5.82 Å². The summed E-state index contributed by atoms with van der Waals surface area (Å²) in [5.74, 6) is 5.53. The molecule has 4 N–H and O–H groups in total. The Morgan fingerprint density at radius 1 is 1.42 bits per heavy atom. The second-order valence-corrected chi connectivity index (χ2v) is 3.88. The lowest BCUT2D eigenvalue weighted by Crippen LogP contribution is -2.42. The topological polar surface area (TPSA) is 71.7 Å². The zero-order valence-electron chi connectivity index (χ0n) is 11.2. The first kappa shape index (κ1) is 15.4. The van der Waals surface area contributed by atoms with Gasteiger partial charge in [-0.2, -0.15) is 0 Å². The zero-order chi connectivity index (χ0) is 13.9. The number of halogens is 1. The number of ether oxygens (including phenoxy) is 1. The number of hydrogen-bond acceptors (Lipinski definition) is 3. The summed E-state index contributed by atoms with van der Waals surface area (Å²) in [7, 11) is 0. The number of nitrogens with one attached hydrogen (secondary N) is 2. The second-order valence-electron chi connectivity index (χ2n) is 3.88. The molecular weight excluding hydrogens is 247 g/mol. The number of hydrazine groups is 1. The van der Waals surface area contributed by atoms with Gasteiger partial charge in [-0.05, 0) is 19.4 Å². The highest BCUT2D eigenvalue weighted by Gasteiger charge is 2.00. The summed E-state index contributed by atoms with van der Waals surface area (Å²) in [4.78, 5) is 4.18. The first-order chi connectivity index (χ1) is 9.27. The van der Waals surface area contributed by atoms with Crippen LogP contribution in [0.15, 0.2) is 29.3 Å². The molecule has 0 bridgehead atoms. The Hall–Kier alpha value is -1.66. The highest BCUT2D eigenvalue weighted by molar-refractivity contribution is 5.79. The van der Waals surface area contributed by atoms with E-state index >= 15 is 0 Å². The summed E-state index contributed by atoms with van der Waals surface area (Å²) in [6.07, 6.45) is 0.855. The van der Waals surface area contributed by atoms with Crippen LogP contribution in [0.1, 0.15) is 18.9 Å². The molecule has 5 nitrogen and oxygen atoms in total. The van der Waals surface area contributed by atoms with Crippen molar-refractivity contribution in [2.24, 2.45) is 10.8 Å². The largest absolute Gasteiger partial charge is 0.382 e. The molecule has 0 aromatic heterocycles. The molecule has 0 amide bonds. The molecule has 1 aromatic carbocycles. The van der Waals surface area contributed by atoms with E-state index in [1.807, 2.05) is 6.92 Å². The third-order valence-corrected chi connectivity index (χ3v) is 2.46. The van der Waals surface area contributed by atoms with Gasteiger partial charge in [0, 0.05) is 25.3 Å². The van der Waals surface area contributed by atoms with Gasteiger partial charge in [-0.3, -0.25) is 5.43 Å². The van der Waals surface area contributed by atoms with Gasteiger partial charge in [-0.15, -0.1) is 0 Å². The van der Waals surface area contributed by atoms with E-state index in [2.05, 4.69) is 15.7 Å². The van der Waals surface area contributed by atoms with Gasteiger partial charge in [-0.1, -0.05) is 18.2 Å². The van der Waals surface area contributed by atoms with E-state index < -0.39 is 0 Å². The Morgan fingerprint density at radius 2 is 2.21 bits per heavy atom. The van der Waals surface area contributed by atoms with Gasteiger partial charge >= 0.3 is 0 Å². The van der Waals surface area contributed by atoms with Crippen LogP contribution in [0.2, 0.25) is 0 Å². The van der Waals surface area contributed by atoms with Crippen molar-refractivity contribution in [2.75, 3.05) is 19.8 Å². The third-order valence-electron chi connectivity index (χ3n) is 2.46. The molecule has 19 heavy (non-hydrogen) atoms. The molecule has 0 saturated carbocycles. The molecule has 1 aromatic rings. The predicted molar refractivity (Wildman–Crippen MR) is 74.0 cm³/mol. The summed E-state index contributed by atoms with van der Waals surface area (Å²) >= 11 is 0. The molecule has 1 rings (SSSR count). The fraction of sp³-hybridized carbons (Fsp3) is 0.462. The van der Waals surface area contributed by atoms with E-state index in [1.165, 1.54) is 6.07 Å². The predicted octanol–water partition coefficient (Wildman–Crippen LogP) is 1.16. The van der Waals surface area contributed by atoms with Crippen molar-refractivity contribution in [1.82, 2.24) is 10.7 Å². The summed E-state index contributed by atoms with van der Waals surface area (Å²) in [6.45, 7) is 4.29. The molecule has 0 aliphatic rings. The van der Waals surface area contributed by atoms with Gasteiger partial charge in [0.15, 0.2) is 0 Å². The highest BCUT2D eigenvalue weighted by atomic mass is 19.1. The van der Waals surface area contributed by atoms with E-state index in [0.29, 0.717) is 31.3 Å². The summed E-state index contributed by atoms with van der Waals surface area (Å²) in [6, 6.07) is 6.54. The molecule has 106 valence electrons. The first-order valence-electron chi connectivity index (χ1n) is 6.34. The summed E-state index contributed by atoms with van der Waals surface area (Å²) in [5.41, 5.74) is 2.99. The van der Waals surface area contributed by atoms with Crippen molar-refractivity contribution in [3.63, 3.8) is 0 Å². The molecule has 6 heteroatoms. The van der Waals surface area contributed by atoms with Gasteiger partial charge in [0.05, 0.1) is 6.54 Å². The van der Waals surface area contributed by atoms with Crippen LogP contribution in [0.4, 0.5) is 4.39 Å². The Labute approximate surface area is 113 Å². The van der Waals surface area contributed by atoms with Crippen molar-refractivity contribution in [3.05, 3.63) is 35.6 Å². The van der Waals surface area contributed by atoms with Crippen LogP contribution in [0.5, 0.6) is 0 Å². The van der Waals surface area contributed by atoms with Crippen molar-refractivity contribution < 1.29 is 9.13 Å². The molecule has 0 fully saturated rings. The zero-order valence-corrected chi connectivity index (χ0v) is 11.2. The quantitative estimate of drug-likeness (QED) is 0.228. The van der Waals surface area contributed by atoms with Gasteiger partial charge in [0.25, 0.3) is 0 Å². The average Bonchev–Trinajstić information content (AvgIpc) is 2.43. The van der Waals surface area contributed by atoms with Crippen LogP contribution in [0.25, 0.3) is 0 Å². The van der Waals surface area contributed by atoms with Crippen LogP contribution in [0, 0.1) is 5.82 Å². The third kappa shape index (κ3) is 6.17. The SMILES string of the molecule is CCOCCCNC(=NCc1ccccc1F)NN. The minimum absolute atomic E-state index is 0.241. The normalized spacial score (nSPS) is 11.4. The van der Waals surface area contributed by atoms with E-state index in [4.69, 9.17) is 10.6 Å². The molecule has 0 heterocycles. The average molecular weight is 268 g/mol. The number of hydrogen-bond donors (Lipinski definition) is 3. The molecule has 0 saturated heterocycles. The van der Waals surface area contributed by atoms with E-state index in [0.717, 1.165) is 6.42 Å². The van der Waals surface area contributed by atoms with Crippen molar-refractivity contribution in [1.29, 1.82) is 0 Å². The van der Waals surface area contributed by atoms with Gasteiger partial charge in [-0.25, -0.2) is 15.2 Å². The number of nitrogens with zero attached hydrogens (tertiary/aromatic N) is 1. The molecule has 0 aliphatic carbocycles. The van der Waals surface area contributed by atoms with Crippen LogP contribution < -0.4 is 16.6 Å². The molecule has 0 unspecified atom stereocenters. The van der Waals surface area contributed by atoms with Crippen LogP contribution in [0.3, 0.4) is 0 Å². The number of guanidine groups is 1. The van der Waals surface area contributed by atoms with E-state index in [-0.39, 0.29) is 12.4 Å². The Morgan fingerprint density at radius 3 is 2.89 bits per heavy atom. The van der Waals surface area contributed by atoms with Gasteiger partial charge in [0.2, 0.25) is 5.96 Å². The van der Waals surface area contributed by atoms with Crippen molar-refractivity contribution in [3.8, 4) is 0 Å². The summed E-state index contributed by atoms with van der Waals surface area (Å²) in [5, 5.41) is 3.03. The number of aliphatic imine (C=N–C) groups is 1. The van der Waals surface area contributed by atoms with Crippen molar-refractivity contribution >= 4 is 5.96 Å².